The summed E-state index contributed by atoms with van der Waals surface area (Å²) in [6, 6.07) is 6.75. The molecule has 28 heavy (non-hydrogen) atoms. The van der Waals surface area contributed by atoms with Gasteiger partial charge in [0, 0.05) is 0 Å². The molecule has 0 spiro atoms. The van der Waals surface area contributed by atoms with Gasteiger partial charge in [0.1, 0.15) is 0 Å². The second kappa shape index (κ2) is 14.2. The molecule has 158 valence electrons. The van der Waals surface area contributed by atoms with Crippen LogP contribution in [0.4, 0.5) is 0 Å². The average molecular weight is 391 g/mol. The maximum absolute atomic E-state index is 12.5. The summed E-state index contributed by atoms with van der Waals surface area (Å²) in [5.41, 5.74) is 0.577. The molecule has 0 aliphatic carbocycles. The molecular weight excluding hydrogens is 352 g/mol. The number of rotatable bonds is 14. The van der Waals surface area contributed by atoms with Crippen molar-refractivity contribution < 1.29 is 19.1 Å². The molecule has 0 saturated heterocycles. The van der Waals surface area contributed by atoms with Crippen LogP contribution in [0.15, 0.2) is 24.3 Å². The summed E-state index contributed by atoms with van der Waals surface area (Å²) in [6.45, 7) is 9.43. The van der Waals surface area contributed by atoms with Crippen molar-refractivity contribution in [2.24, 2.45) is 11.8 Å². The number of hydrogen-bond acceptors (Lipinski definition) is 4. The van der Waals surface area contributed by atoms with Gasteiger partial charge in [-0.15, -0.1) is 0 Å². The van der Waals surface area contributed by atoms with Gasteiger partial charge in [-0.1, -0.05) is 78.4 Å². The van der Waals surface area contributed by atoms with Crippen molar-refractivity contribution in [2.75, 3.05) is 13.2 Å². The van der Waals surface area contributed by atoms with Crippen molar-refractivity contribution in [1.82, 2.24) is 0 Å². The number of carbonyl (C=O) groups excluding carboxylic acids is 2. The molecule has 1 aromatic carbocycles. The Kier molecular flexibility index (Phi) is 12.3. The van der Waals surface area contributed by atoms with E-state index in [4.69, 9.17) is 9.47 Å². The minimum Gasteiger partial charge on any atom is -0.462 e. The Balaban J connectivity index is 2.60. The number of hydrogen-bond donors (Lipinski definition) is 0. The SMILES string of the molecule is CCCC(CC)CCOC(=O)c1ccccc1C(=O)OCCC(CC)CCC. The third-order valence-corrected chi connectivity index (χ3v) is 5.43. The van der Waals surface area contributed by atoms with Crippen LogP contribution >= 0.6 is 0 Å². The first-order valence-electron chi connectivity index (χ1n) is 11.0. The molecule has 0 aliphatic rings. The summed E-state index contributed by atoms with van der Waals surface area (Å²) >= 11 is 0. The molecule has 2 unspecified atom stereocenters. The van der Waals surface area contributed by atoms with Crippen molar-refractivity contribution in [1.29, 1.82) is 0 Å². The summed E-state index contributed by atoms with van der Waals surface area (Å²) < 4.78 is 10.9. The fraction of sp³-hybridized carbons (Fsp3) is 0.667. The topological polar surface area (TPSA) is 52.6 Å². The number of benzene rings is 1. The molecule has 1 rings (SSSR count). The normalized spacial score (nSPS) is 13.0. The molecule has 0 aromatic heterocycles. The predicted octanol–water partition coefficient (Wildman–Crippen LogP) is 6.43. The molecule has 0 N–H and O–H groups in total. The summed E-state index contributed by atoms with van der Waals surface area (Å²) in [5.74, 6) is 0.257. The van der Waals surface area contributed by atoms with Crippen molar-refractivity contribution >= 4 is 11.9 Å². The smallest absolute Gasteiger partial charge is 0.339 e. The van der Waals surface area contributed by atoms with Crippen molar-refractivity contribution in [3.05, 3.63) is 35.4 Å². The highest BCUT2D eigenvalue weighted by Crippen LogP contribution is 2.18. The van der Waals surface area contributed by atoms with Gasteiger partial charge in [-0.3, -0.25) is 0 Å². The Morgan fingerprint density at radius 1 is 0.714 bits per heavy atom. The number of ether oxygens (including phenoxy) is 2. The van der Waals surface area contributed by atoms with Crippen LogP contribution in [-0.4, -0.2) is 25.2 Å². The van der Waals surface area contributed by atoms with E-state index in [-0.39, 0.29) is 11.1 Å². The first-order chi connectivity index (χ1) is 13.6. The summed E-state index contributed by atoms with van der Waals surface area (Å²) in [6.07, 6.45) is 8.46. The molecule has 0 bridgehead atoms. The standard InChI is InChI=1S/C24H38O4/c1-5-11-19(7-3)15-17-27-23(25)21-13-9-10-14-22(21)24(26)28-18-16-20(8-4)12-6-2/h9-10,13-14,19-20H,5-8,11-12,15-18H2,1-4H3. The van der Waals surface area contributed by atoms with Gasteiger partial charge in [0.15, 0.2) is 0 Å². The Hall–Kier alpha value is -1.84. The van der Waals surface area contributed by atoms with Crippen LogP contribution in [0.1, 0.15) is 99.8 Å². The van der Waals surface area contributed by atoms with Gasteiger partial charge in [-0.05, 0) is 36.8 Å². The molecule has 0 amide bonds. The second-order valence-electron chi connectivity index (χ2n) is 7.52. The first-order valence-corrected chi connectivity index (χ1v) is 11.0. The lowest BCUT2D eigenvalue weighted by atomic mass is 9.97. The van der Waals surface area contributed by atoms with E-state index in [1.54, 1.807) is 24.3 Å². The van der Waals surface area contributed by atoms with Crippen LogP contribution in [-0.2, 0) is 9.47 Å². The zero-order chi connectivity index (χ0) is 20.8. The Bertz CT molecular complexity index is 531. The van der Waals surface area contributed by atoms with E-state index in [1.807, 2.05) is 0 Å². The summed E-state index contributed by atoms with van der Waals surface area (Å²) in [5, 5.41) is 0. The minimum atomic E-state index is -0.448. The molecule has 0 radical (unpaired) electrons. The Labute approximate surface area is 171 Å². The maximum atomic E-state index is 12.5. The maximum Gasteiger partial charge on any atom is 0.339 e. The van der Waals surface area contributed by atoms with Gasteiger partial charge in [-0.2, -0.15) is 0 Å². The van der Waals surface area contributed by atoms with Crippen molar-refractivity contribution in [2.45, 2.75) is 79.1 Å². The molecule has 1 aromatic rings. The van der Waals surface area contributed by atoms with E-state index < -0.39 is 11.9 Å². The highest BCUT2D eigenvalue weighted by molar-refractivity contribution is 6.03. The molecule has 0 heterocycles. The van der Waals surface area contributed by atoms with Crippen LogP contribution in [0.2, 0.25) is 0 Å². The second-order valence-corrected chi connectivity index (χ2v) is 7.52. The quantitative estimate of drug-likeness (QED) is 0.343. The predicted molar refractivity (Wildman–Crippen MR) is 114 cm³/mol. The molecule has 0 aliphatic heterocycles. The van der Waals surface area contributed by atoms with Crippen LogP contribution in [0.3, 0.4) is 0 Å². The zero-order valence-corrected chi connectivity index (χ0v) is 18.2. The fourth-order valence-corrected chi connectivity index (χ4v) is 3.55. The molecule has 4 nitrogen and oxygen atoms in total. The lowest BCUT2D eigenvalue weighted by Gasteiger charge is -2.15. The first kappa shape index (κ1) is 24.2. The lowest BCUT2D eigenvalue weighted by Crippen LogP contribution is -2.16. The van der Waals surface area contributed by atoms with Gasteiger partial charge in [0.25, 0.3) is 0 Å². The van der Waals surface area contributed by atoms with E-state index >= 15 is 0 Å². The van der Waals surface area contributed by atoms with Crippen molar-refractivity contribution in [3.8, 4) is 0 Å². The zero-order valence-electron chi connectivity index (χ0n) is 18.2. The van der Waals surface area contributed by atoms with E-state index in [2.05, 4.69) is 27.7 Å². The van der Waals surface area contributed by atoms with E-state index in [1.165, 1.54) is 0 Å². The lowest BCUT2D eigenvalue weighted by molar-refractivity contribution is 0.0432. The largest absolute Gasteiger partial charge is 0.462 e. The van der Waals surface area contributed by atoms with Crippen LogP contribution in [0, 0.1) is 11.8 Å². The Morgan fingerprint density at radius 3 is 1.43 bits per heavy atom. The van der Waals surface area contributed by atoms with Crippen LogP contribution < -0.4 is 0 Å². The fourth-order valence-electron chi connectivity index (χ4n) is 3.55. The minimum absolute atomic E-state index is 0.289. The average Bonchev–Trinajstić information content (AvgIpc) is 2.72. The highest BCUT2D eigenvalue weighted by atomic mass is 16.5. The van der Waals surface area contributed by atoms with E-state index in [9.17, 15) is 9.59 Å². The third kappa shape index (κ3) is 8.45. The highest BCUT2D eigenvalue weighted by Gasteiger charge is 2.19. The molecular formula is C24H38O4. The van der Waals surface area contributed by atoms with Gasteiger partial charge >= 0.3 is 11.9 Å². The van der Waals surface area contributed by atoms with E-state index in [0.29, 0.717) is 25.0 Å². The molecule has 2 atom stereocenters. The summed E-state index contributed by atoms with van der Waals surface area (Å²) in [7, 11) is 0. The Morgan fingerprint density at radius 2 is 1.11 bits per heavy atom. The molecule has 0 fully saturated rings. The van der Waals surface area contributed by atoms with Gasteiger partial charge in [-0.25, -0.2) is 9.59 Å². The third-order valence-electron chi connectivity index (χ3n) is 5.43. The van der Waals surface area contributed by atoms with Crippen molar-refractivity contribution in [3.63, 3.8) is 0 Å². The summed E-state index contributed by atoms with van der Waals surface area (Å²) in [4.78, 5) is 25.0. The van der Waals surface area contributed by atoms with E-state index in [0.717, 1.165) is 51.4 Å². The molecule has 4 heteroatoms. The monoisotopic (exact) mass is 390 g/mol. The van der Waals surface area contributed by atoms with Gasteiger partial charge in [0.05, 0.1) is 24.3 Å². The number of esters is 2. The van der Waals surface area contributed by atoms with Crippen LogP contribution in [0.5, 0.6) is 0 Å². The van der Waals surface area contributed by atoms with Crippen LogP contribution in [0.25, 0.3) is 0 Å². The number of carbonyl (C=O) groups is 2. The molecule has 0 saturated carbocycles. The van der Waals surface area contributed by atoms with Gasteiger partial charge < -0.3 is 9.47 Å². The van der Waals surface area contributed by atoms with Gasteiger partial charge in [0.2, 0.25) is 0 Å².